The third kappa shape index (κ3) is 10.3. The van der Waals surface area contributed by atoms with E-state index in [0.29, 0.717) is 22.1 Å². The minimum absolute atomic E-state index is 0.0712. The Labute approximate surface area is 237 Å². The van der Waals surface area contributed by atoms with Gasteiger partial charge in [-0.3, -0.25) is 9.59 Å². The summed E-state index contributed by atoms with van der Waals surface area (Å²) in [5, 5.41) is 62.4. The van der Waals surface area contributed by atoms with Gasteiger partial charge in [-0.2, -0.15) is 0 Å². The van der Waals surface area contributed by atoms with Crippen LogP contribution in [0.5, 0.6) is 0 Å². The molecule has 0 saturated heterocycles. The number of anilines is 2. The van der Waals surface area contributed by atoms with E-state index in [9.17, 15) is 24.6 Å². The number of carboxylic acid groups (broad SMARTS) is 1. The number of nitrogens with one attached hydrogen (secondary N) is 3. The van der Waals surface area contributed by atoms with Crippen molar-refractivity contribution in [1.82, 2.24) is 5.32 Å². The first kappa shape index (κ1) is 33.6. The van der Waals surface area contributed by atoms with Crippen LogP contribution < -0.4 is 16.0 Å². The van der Waals surface area contributed by atoms with Crippen molar-refractivity contribution >= 4 is 96.8 Å². The van der Waals surface area contributed by atoms with Crippen LogP contribution in [0, 0.1) is 10.7 Å². The Hall–Kier alpha value is -0.420. The summed E-state index contributed by atoms with van der Waals surface area (Å²) in [6, 6.07) is 0. The summed E-state index contributed by atoms with van der Waals surface area (Å²) in [7, 11) is 1.57. The molecule has 12 nitrogen and oxygen atoms in total. The molecule has 0 aliphatic rings. The molecule has 1 aromatic rings. The first-order chi connectivity index (χ1) is 15.7. The second kappa shape index (κ2) is 16.3. The van der Waals surface area contributed by atoms with Gasteiger partial charge in [0.15, 0.2) is 0 Å². The number of rotatable bonds is 11. The molecule has 0 aliphatic carbocycles. The first-order valence-electron chi connectivity index (χ1n) is 9.63. The SMILES string of the molecule is CC(=O)CNc1c(I)c(NC(C)=O)c(I)c(C(=O)O)c1I.CNC[C@H](O)[C@@H](O)[C@H](O)[C@H](O)CO. The van der Waals surface area contributed by atoms with Gasteiger partial charge in [0.2, 0.25) is 5.91 Å². The predicted octanol–water partition coefficient (Wildman–Crippen LogP) is -0.200. The number of hydrogen-bond donors (Lipinski definition) is 9. The van der Waals surface area contributed by atoms with Gasteiger partial charge in [-0.25, -0.2) is 4.79 Å². The fourth-order valence-electron chi connectivity index (χ4n) is 2.40. The summed E-state index contributed by atoms with van der Waals surface area (Å²) in [4.78, 5) is 33.9. The Morgan fingerprint density at radius 2 is 1.38 bits per heavy atom. The number of amides is 1. The van der Waals surface area contributed by atoms with E-state index in [4.69, 9.17) is 20.4 Å². The van der Waals surface area contributed by atoms with Crippen LogP contribution in [0.1, 0.15) is 24.2 Å². The molecular weight excluding hydrogens is 795 g/mol. The average molecular weight is 823 g/mol. The van der Waals surface area contributed by atoms with Gasteiger partial charge in [-0.05, 0) is 81.7 Å². The Morgan fingerprint density at radius 1 is 0.882 bits per heavy atom. The molecule has 0 aliphatic heterocycles. The number of carboxylic acids is 1. The second-order valence-electron chi connectivity index (χ2n) is 6.96. The largest absolute Gasteiger partial charge is 0.478 e. The molecule has 0 spiro atoms. The standard InChI is InChI=1S/C12H11I3N2O4.C7H17NO5/c1-4(18)3-16-10-7(13)6(12(20)21)8(14)11(9(10)15)17-5(2)19;1-8-2-4(10)6(12)7(13)5(11)3-9/h16H,3H2,1-2H3,(H,17,19)(H,20,21);4-13H,2-3H2,1H3/t;4-,5+,6+,7+/m.0/s1. The Morgan fingerprint density at radius 3 is 1.79 bits per heavy atom. The number of ketones is 1. The maximum Gasteiger partial charge on any atom is 0.338 e. The minimum Gasteiger partial charge on any atom is -0.478 e. The third-order valence-electron chi connectivity index (χ3n) is 4.08. The van der Waals surface area contributed by atoms with Crippen LogP contribution in [0.4, 0.5) is 11.4 Å². The van der Waals surface area contributed by atoms with Crippen molar-refractivity contribution in [3.63, 3.8) is 0 Å². The van der Waals surface area contributed by atoms with Crippen molar-refractivity contribution in [1.29, 1.82) is 0 Å². The topological polar surface area (TPSA) is 209 Å². The fourth-order valence-corrected chi connectivity index (χ4v) is 6.68. The number of halogens is 3. The van der Waals surface area contributed by atoms with Gasteiger partial charge in [0.25, 0.3) is 0 Å². The van der Waals surface area contributed by atoms with Crippen LogP contribution in [-0.2, 0) is 9.59 Å². The molecule has 0 saturated carbocycles. The van der Waals surface area contributed by atoms with Crippen molar-refractivity contribution in [3.8, 4) is 0 Å². The number of aliphatic hydroxyl groups is 5. The van der Waals surface area contributed by atoms with Crippen LogP contribution in [0.2, 0.25) is 0 Å². The zero-order valence-corrected chi connectivity index (χ0v) is 24.9. The average Bonchev–Trinajstić information content (AvgIpc) is 2.74. The molecule has 0 aromatic heterocycles. The monoisotopic (exact) mass is 823 g/mol. The summed E-state index contributed by atoms with van der Waals surface area (Å²) in [6.07, 6.45) is -5.65. The van der Waals surface area contributed by atoms with E-state index in [1.54, 1.807) is 7.05 Å². The van der Waals surface area contributed by atoms with Gasteiger partial charge in [0.05, 0.1) is 46.9 Å². The summed E-state index contributed by atoms with van der Waals surface area (Å²) >= 11 is 5.85. The summed E-state index contributed by atoms with van der Waals surface area (Å²) in [6.45, 7) is 2.31. The van der Waals surface area contributed by atoms with Crippen LogP contribution in [0.3, 0.4) is 0 Å². The molecule has 9 N–H and O–H groups in total. The molecule has 0 unspecified atom stereocenters. The highest BCUT2D eigenvalue weighted by Gasteiger charge is 2.29. The quantitative estimate of drug-likeness (QED) is 0.134. The van der Waals surface area contributed by atoms with Gasteiger partial charge in [-0.15, -0.1) is 0 Å². The van der Waals surface area contributed by atoms with E-state index < -0.39 is 37.0 Å². The summed E-state index contributed by atoms with van der Waals surface area (Å²) in [5.41, 5.74) is 1.08. The lowest BCUT2D eigenvalue weighted by Gasteiger charge is -2.25. The molecule has 34 heavy (non-hydrogen) atoms. The Kier molecular flexibility index (Phi) is 16.1. The van der Waals surface area contributed by atoms with Crippen molar-refractivity contribution < 1.29 is 45.0 Å². The van der Waals surface area contributed by atoms with Gasteiger partial charge in [-0.1, -0.05) is 0 Å². The molecule has 0 heterocycles. The van der Waals surface area contributed by atoms with Gasteiger partial charge >= 0.3 is 5.97 Å². The van der Waals surface area contributed by atoms with E-state index in [0.717, 1.165) is 0 Å². The molecule has 194 valence electrons. The second-order valence-corrected chi connectivity index (χ2v) is 10.2. The number of benzene rings is 1. The van der Waals surface area contributed by atoms with Crippen molar-refractivity contribution in [2.45, 2.75) is 38.3 Å². The first-order valence-corrected chi connectivity index (χ1v) is 12.9. The Bertz CT molecular complexity index is 873. The maximum absolute atomic E-state index is 11.5. The van der Waals surface area contributed by atoms with Gasteiger partial charge in [0.1, 0.15) is 24.1 Å². The highest BCUT2D eigenvalue weighted by Crippen LogP contribution is 2.38. The number of carbonyl (C=O) groups is 3. The highest BCUT2D eigenvalue weighted by molar-refractivity contribution is 14.1. The molecule has 1 rings (SSSR count). The van der Waals surface area contributed by atoms with E-state index in [2.05, 4.69) is 16.0 Å². The van der Waals surface area contributed by atoms with Crippen LogP contribution in [-0.4, -0.2) is 99.5 Å². The van der Waals surface area contributed by atoms with Crippen molar-refractivity contribution in [3.05, 3.63) is 16.3 Å². The normalized spacial score (nSPS) is 14.2. The number of carbonyl (C=O) groups excluding carboxylic acids is 2. The van der Waals surface area contributed by atoms with Crippen LogP contribution in [0.15, 0.2) is 0 Å². The Balaban J connectivity index is 0.000000722. The zero-order chi connectivity index (χ0) is 26.7. The number of aliphatic hydroxyl groups excluding tert-OH is 5. The van der Waals surface area contributed by atoms with E-state index >= 15 is 0 Å². The zero-order valence-electron chi connectivity index (χ0n) is 18.5. The van der Waals surface area contributed by atoms with E-state index in [-0.39, 0.29) is 30.3 Å². The van der Waals surface area contributed by atoms with Gasteiger partial charge < -0.3 is 46.6 Å². The molecule has 0 radical (unpaired) electrons. The van der Waals surface area contributed by atoms with Crippen LogP contribution >= 0.6 is 67.8 Å². The lowest BCUT2D eigenvalue weighted by Crippen LogP contribution is -2.48. The van der Waals surface area contributed by atoms with Gasteiger partial charge in [0, 0.05) is 13.5 Å². The van der Waals surface area contributed by atoms with Crippen molar-refractivity contribution in [2.24, 2.45) is 0 Å². The maximum atomic E-state index is 11.5. The summed E-state index contributed by atoms with van der Waals surface area (Å²) < 4.78 is 1.63. The lowest BCUT2D eigenvalue weighted by atomic mass is 10.0. The lowest BCUT2D eigenvalue weighted by molar-refractivity contribution is -0.115. The molecule has 1 amide bonds. The third-order valence-corrected chi connectivity index (χ3v) is 7.32. The number of Topliss-reactive ketones (excluding diaryl/α,β-unsaturated/α-hetero) is 1. The number of aromatic carboxylic acids is 1. The fraction of sp³-hybridized carbons (Fsp3) is 0.526. The highest BCUT2D eigenvalue weighted by atomic mass is 127. The number of likely N-dealkylation sites (N-methyl/N-ethyl adjacent to an activating group) is 1. The van der Waals surface area contributed by atoms with E-state index in [1.165, 1.54) is 13.8 Å². The molecule has 1 aromatic carbocycles. The molecule has 4 atom stereocenters. The van der Waals surface area contributed by atoms with Crippen LogP contribution in [0.25, 0.3) is 0 Å². The minimum atomic E-state index is -1.55. The molecule has 15 heteroatoms. The molecule has 0 fully saturated rings. The van der Waals surface area contributed by atoms with E-state index in [1.807, 2.05) is 67.8 Å². The molecule has 0 bridgehead atoms. The predicted molar refractivity (Wildman–Crippen MR) is 150 cm³/mol. The smallest absolute Gasteiger partial charge is 0.338 e. The van der Waals surface area contributed by atoms with Crippen molar-refractivity contribution in [2.75, 3.05) is 37.4 Å². The number of hydrogen-bond acceptors (Lipinski definition) is 10. The molecular formula is C19H28I3N3O9. The summed E-state index contributed by atoms with van der Waals surface area (Å²) in [5.74, 6) is -1.45.